The highest BCUT2D eigenvalue weighted by Crippen LogP contribution is 2.48. The number of Topliss-reactive ketones (excluding diaryl/α,β-unsaturated/α-hetero) is 1. The first-order chi connectivity index (χ1) is 12.5. The predicted molar refractivity (Wildman–Crippen MR) is 99.3 cm³/mol. The maximum Gasteiger partial charge on any atom is 0.222 e. The van der Waals surface area contributed by atoms with E-state index in [9.17, 15) is 13.8 Å². The Morgan fingerprint density at radius 3 is 2.62 bits per heavy atom. The predicted octanol–water partition coefficient (Wildman–Crippen LogP) is 3.32. The number of carbonyl (C=O) groups excluding carboxylic acids is 2. The van der Waals surface area contributed by atoms with E-state index in [1.54, 1.807) is 24.3 Å². The Hall–Kier alpha value is -2.13. The van der Waals surface area contributed by atoms with Gasteiger partial charge in [0.15, 0.2) is 11.6 Å². The number of ketones is 2. The van der Waals surface area contributed by atoms with Crippen LogP contribution in [0.3, 0.4) is 0 Å². The number of hydrogen-bond acceptors (Lipinski definition) is 6. The molecule has 2 aromatic carbocycles. The quantitative estimate of drug-likeness (QED) is 0.486. The number of carbonyl (C=O) groups is 2. The van der Waals surface area contributed by atoms with Crippen LogP contribution in [0.1, 0.15) is 34.0 Å². The normalized spacial score (nSPS) is 15.9. The van der Waals surface area contributed by atoms with E-state index in [4.69, 9.17) is 5.26 Å². The van der Waals surface area contributed by atoms with E-state index in [1.807, 2.05) is 0 Å². The summed E-state index contributed by atoms with van der Waals surface area (Å²) >= 11 is 1.23. The first kappa shape index (κ1) is 17.3. The molecule has 0 spiro atoms. The minimum Gasteiger partial charge on any atom is -0.379 e. The van der Waals surface area contributed by atoms with Crippen LogP contribution in [0, 0.1) is 0 Å². The Bertz CT molecular complexity index is 1060. The lowest BCUT2D eigenvalue weighted by atomic mass is 9.76. The van der Waals surface area contributed by atoms with Crippen molar-refractivity contribution in [3.63, 3.8) is 0 Å². The fourth-order valence-electron chi connectivity index (χ4n) is 3.49. The van der Waals surface area contributed by atoms with Crippen LogP contribution in [-0.4, -0.2) is 27.6 Å². The van der Waals surface area contributed by atoms with Gasteiger partial charge in [-0.15, -0.1) is 4.33 Å². The number of fused-ring (bicyclic) bond motifs is 2. The van der Waals surface area contributed by atoms with Gasteiger partial charge in [0, 0.05) is 38.9 Å². The number of nitrogens with one attached hydrogen (secondary N) is 1. The molecular weight excluding hydrogens is 422 g/mol. The first-order valence-corrected chi connectivity index (χ1v) is 9.55. The molecule has 0 saturated heterocycles. The molecule has 2 aromatic rings. The van der Waals surface area contributed by atoms with Crippen LogP contribution >= 0.6 is 15.9 Å². The summed E-state index contributed by atoms with van der Waals surface area (Å²) < 4.78 is 16.5. The topological polar surface area (TPSA) is 92.7 Å². The molecular formula is C18H12BrNO5S. The van der Waals surface area contributed by atoms with E-state index in [0.29, 0.717) is 43.6 Å². The van der Waals surface area contributed by atoms with Crippen LogP contribution in [0.2, 0.25) is 0 Å². The SMILES string of the molecule is CC(=O)C1=C2c3ccccc3C(=O)c3c(Br)cc(S(=O)OO)c(c32)NC1. The second-order valence-electron chi connectivity index (χ2n) is 5.93. The minimum absolute atomic E-state index is 0.116. The van der Waals surface area contributed by atoms with Gasteiger partial charge < -0.3 is 5.32 Å². The van der Waals surface area contributed by atoms with Gasteiger partial charge in [-0.3, -0.25) is 9.59 Å². The van der Waals surface area contributed by atoms with E-state index in [0.717, 1.165) is 0 Å². The Balaban J connectivity index is 2.18. The van der Waals surface area contributed by atoms with Gasteiger partial charge in [0.1, 0.15) is 0 Å². The van der Waals surface area contributed by atoms with Crippen molar-refractivity contribution in [2.45, 2.75) is 11.8 Å². The van der Waals surface area contributed by atoms with Crippen LogP contribution < -0.4 is 5.32 Å². The molecule has 0 saturated carbocycles. The smallest absolute Gasteiger partial charge is 0.222 e. The summed E-state index contributed by atoms with van der Waals surface area (Å²) in [4.78, 5) is 25.5. The molecule has 0 bridgehead atoms. The number of benzene rings is 2. The zero-order valence-electron chi connectivity index (χ0n) is 13.5. The lowest BCUT2D eigenvalue weighted by Gasteiger charge is -2.32. The third kappa shape index (κ3) is 2.34. The van der Waals surface area contributed by atoms with Crippen LogP contribution in [-0.2, 0) is 20.2 Å². The minimum atomic E-state index is -2.14. The van der Waals surface area contributed by atoms with Gasteiger partial charge in [-0.2, -0.15) is 0 Å². The monoisotopic (exact) mass is 433 g/mol. The average molecular weight is 434 g/mol. The molecule has 6 nitrogen and oxygen atoms in total. The second kappa shape index (κ2) is 6.24. The highest BCUT2D eigenvalue weighted by molar-refractivity contribution is 9.10. The molecule has 1 aliphatic carbocycles. The molecule has 0 amide bonds. The van der Waals surface area contributed by atoms with E-state index < -0.39 is 11.1 Å². The Morgan fingerprint density at radius 2 is 1.96 bits per heavy atom. The largest absolute Gasteiger partial charge is 0.379 e. The molecule has 1 heterocycles. The van der Waals surface area contributed by atoms with Gasteiger partial charge in [-0.05, 0) is 34.5 Å². The molecule has 8 heteroatoms. The molecule has 2 aliphatic rings. The van der Waals surface area contributed by atoms with Crippen LogP contribution in [0.5, 0.6) is 0 Å². The van der Waals surface area contributed by atoms with Crippen molar-refractivity contribution in [2.24, 2.45) is 0 Å². The molecule has 1 unspecified atom stereocenters. The van der Waals surface area contributed by atoms with Crippen LogP contribution in [0.4, 0.5) is 5.69 Å². The van der Waals surface area contributed by atoms with Crippen molar-refractivity contribution in [1.29, 1.82) is 0 Å². The average Bonchev–Trinajstić information content (AvgIpc) is 2.65. The van der Waals surface area contributed by atoms with Crippen LogP contribution in [0.15, 0.2) is 45.3 Å². The standard InChI is InChI=1S/C18H12BrNO5S/c1-8(21)11-7-20-17-13(26(24)25-23)6-12(19)15-16(17)14(11)9-4-2-3-5-10(9)18(15)22/h2-6,20,23H,7H2,1H3. The van der Waals surface area contributed by atoms with Crippen molar-refractivity contribution in [1.82, 2.24) is 0 Å². The molecule has 2 N–H and O–H groups in total. The van der Waals surface area contributed by atoms with Gasteiger partial charge in [0.05, 0.1) is 10.6 Å². The number of rotatable bonds is 3. The van der Waals surface area contributed by atoms with E-state index in [-0.39, 0.29) is 23.0 Å². The van der Waals surface area contributed by atoms with Gasteiger partial charge in [0.25, 0.3) is 0 Å². The van der Waals surface area contributed by atoms with Gasteiger partial charge in [-0.1, -0.05) is 24.3 Å². The third-order valence-electron chi connectivity index (χ3n) is 4.58. The van der Waals surface area contributed by atoms with Crippen LogP contribution in [0.25, 0.3) is 5.57 Å². The molecule has 4 rings (SSSR count). The second-order valence-corrected chi connectivity index (χ2v) is 7.84. The maximum atomic E-state index is 13.1. The Kier molecular flexibility index (Phi) is 4.15. The molecule has 132 valence electrons. The van der Waals surface area contributed by atoms with Crippen molar-refractivity contribution < 1.29 is 23.4 Å². The maximum absolute atomic E-state index is 13.1. The fourth-order valence-corrected chi connectivity index (χ4v) is 4.89. The zero-order chi connectivity index (χ0) is 18.6. The van der Waals surface area contributed by atoms with Crippen molar-refractivity contribution >= 4 is 49.8 Å². The molecule has 0 radical (unpaired) electrons. The van der Waals surface area contributed by atoms with Gasteiger partial charge >= 0.3 is 0 Å². The Labute approximate surface area is 159 Å². The highest BCUT2D eigenvalue weighted by atomic mass is 79.9. The summed E-state index contributed by atoms with van der Waals surface area (Å²) in [7, 11) is 0. The van der Waals surface area contributed by atoms with Crippen molar-refractivity contribution in [2.75, 3.05) is 11.9 Å². The van der Waals surface area contributed by atoms with E-state index in [2.05, 4.69) is 25.6 Å². The zero-order valence-corrected chi connectivity index (χ0v) is 15.9. The number of hydrogen-bond donors (Lipinski definition) is 2. The summed E-state index contributed by atoms with van der Waals surface area (Å²) in [5.41, 5.74) is 3.66. The third-order valence-corrected chi connectivity index (χ3v) is 6.02. The first-order valence-electron chi connectivity index (χ1n) is 7.68. The lowest BCUT2D eigenvalue weighted by molar-refractivity contribution is -0.124. The fraction of sp³-hybridized carbons (Fsp3) is 0.111. The Morgan fingerprint density at radius 1 is 1.27 bits per heavy atom. The summed E-state index contributed by atoms with van der Waals surface area (Å²) in [6.45, 7) is 1.69. The van der Waals surface area contributed by atoms with Crippen molar-refractivity contribution in [3.05, 3.63) is 62.6 Å². The number of anilines is 1. The summed E-state index contributed by atoms with van der Waals surface area (Å²) in [6.07, 6.45) is 0. The molecule has 0 aromatic heterocycles. The van der Waals surface area contributed by atoms with Crippen molar-refractivity contribution in [3.8, 4) is 0 Å². The molecule has 1 atom stereocenters. The van der Waals surface area contributed by atoms with E-state index in [1.165, 1.54) is 13.0 Å². The summed E-state index contributed by atoms with van der Waals surface area (Å²) in [5.74, 6) is -0.310. The number of halogens is 1. The van der Waals surface area contributed by atoms with E-state index >= 15 is 0 Å². The highest BCUT2D eigenvalue weighted by Gasteiger charge is 2.37. The molecule has 26 heavy (non-hydrogen) atoms. The lowest BCUT2D eigenvalue weighted by Crippen LogP contribution is -2.27. The summed E-state index contributed by atoms with van der Waals surface area (Å²) in [6, 6.07) is 8.58. The molecule has 0 fully saturated rings. The summed E-state index contributed by atoms with van der Waals surface area (Å²) in [5, 5.41) is 11.9. The van der Waals surface area contributed by atoms with Gasteiger partial charge in [-0.25, -0.2) is 9.47 Å². The molecule has 1 aliphatic heterocycles. The van der Waals surface area contributed by atoms with Gasteiger partial charge in [0.2, 0.25) is 11.1 Å².